The van der Waals surface area contributed by atoms with Crippen LogP contribution in [-0.2, 0) is 10.3 Å². The second-order valence-electron chi connectivity index (χ2n) is 5.58. The molecule has 1 aromatic carbocycles. The minimum absolute atomic E-state index is 0.0901. The number of para-hydroxylation sites is 1. The SMILES string of the molecule is CCCC(C)(C)n1c(SCC(=O)O)nc2c(F)cccc21. The van der Waals surface area contributed by atoms with E-state index in [1.54, 1.807) is 6.07 Å². The van der Waals surface area contributed by atoms with Crippen LogP contribution in [0, 0.1) is 5.82 Å². The molecule has 21 heavy (non-hydrogen) atoms. The molecule has 0 bridgehead atoms. The molecule has 4 nitrogen and oxygen atoms in total. The number of aliphatic carboxylic acids is 1. The smallest absolute Gasteiger partial charge is 0.313 e. The van der Waals surface area contributed by atoms with Crippen molar-refractivity contribution in [2.75, 3.05) is 5.75 Å². The second-order valence-corrected chi connectivity index (χ2v) is 6.52. The van der Waals surface area contributed by atoms with Crippen LogP contribution in [0.25, 0.3) is 11.0 Å². The lowest BCUT2D eigenvalue weighted by atomic mass is 9.98. The topological polar surface area (TPSA) is 55.1 Å². The van der Waals surface area contributed by atoms with Crippen molar-refractivity contribution in [3.63, 3.8) is 0 Å². The first-order valence-corrected chi connectivity index (χ1v) is 7.87. The maximum atomic E-state index is 14.0. The lowest BCUT2D eigenvalue weighted by Crippen LogP contribution is -2.26. The highest BCUT2D eigenvalue weighted by atomic mass is 32.2. The monoisotopic (exact) mass is 310 g/mol. The third-order valence-electron chi connectivity index (χ3n) is 3.40. The maximum absolute atomic E-state index is 14.0. The summed E-state index contributed by atoms with van der Waals surface area (Å²) in [6.07, 6.45) is 1.88. The van der Waals surface area contributed by atoms with Crippen LogP contribution in [0.15, 0.2) is 23.4 Å². The Bertz CT molecular complexity index is 667. The summed E-state index contributed by atoms with van der Waals surface area (Å²) in [6.45, 7) is 6.21. The van der Waals surface area contributed by atoms with E-state index >= 15 is 0 Å². The van der Waals surface area contributed by atoms with E-state index in [0.717, 1.165) is 24.6 Å². The molecule has 0 atom stereocenters. The first kappa shape index (κ1) is 15.8. The molecule has 1 heterocycles. The van der Waals surface area contributed by atoms with Gasteiger partial charge < -0.3 is 9.67 Å². The van der Waals surface area contributed by atoms with E-state index < -0.39 is 5.97 Å². The summed E-state index contributed by atoms with van der Waals surface area (Å²) >= 11 is 1.13. The Balaban J connectivity index is 2.60. The van der Waals surface area contributed by atoms with Crippen LogP contribution in [0.2, 0.25) is 0 Å². The molecule has 0 amide bonds. The number of thioether (sulfide) groups is 1. The summed E-state index contributed by atoms with van der Waals surface area (Å²) in [5.74, 6) is -1.38. The van der Waals surface area contributed by atoms with Gasteiger partial charge in [0.05, 0.1) is 11.3 Å². The predicted octanol–water partition coefficient (Wildman–Crippen LogP) is 3.89. The van der Waals surface area contributed by atoms with Gasteiger partial charge in [-0.25, -0.2) is 9.37 Å². The van der Waals surface area contributed by atoms with E-state index in [1.807, 2.05) is 10.6 Å². The summed E-state index contributed by atoms with van der Waals surface area (Å²) in [5, 5.41) is 9.42. The van der Waals surface area contributed by atoms with Gasteiger partial charge in [-0.3, -0.25) is 4.79 Å². The Morgan fingerprint density at radius 2 is 2.19 bits per heavy atom. The van der Waals surface area contributed by atoms with Gasteiger partial charge in [0.15, 0.2) is 11.0 Å². The van der Waals surface area contributed by atoms with E-state index in [2.05, 4.69) is 25.8 Å². The molecule has 2 rings (SSSR count). The molecule has 1 aromatic heterocycles. The van der Waals surface area contributed by atoms with Crippen LogP contribution in [0.5, 0.6) is 0 Å². The normalized spacial score (nSPS) is 12.0. The van der Waals surface area contributed by atoms with Crippen LogP contribution in [-0.4, -0.2) is 26.4 Å². The highest BCUT2D eigenvalue weighted by molar-refractivity contribution is 7.99. The van der Waals surface area contributed by atoms with Crippen LogP contribution >= 0.6 is 11.8 Å². The van der Waals surface area contributed by atoms with Gasteiger partial charge in [-0.1, -0.05) is 31.2 Å². The van der Waals surface area contributed by atoms with Crippen molar-refractivity contribution in [2.45, 2.75) is 44.3 Å². The number of hydrogen-bond donors (Lipinski definition) is 1. The number of aromatic nitrogens is 2. The Kier molecular flexibility index (Phi) is 4.56. The first-order valence-electron chi connectivity index (χ1n) is 6.89. The largest absolute Gasteiger partial charge is 0.481 e. The molecule has 0 aliphatic rings. The molecule has 0 spiro atoms. The number of carbonyl (C=O) groups is 1. The molecule has 114 valence electrons. The quantitative estimate of drug-likeness (QED) is 0.823. The second kappa shape index (κ2) is 6.05. The van der Waals surface area contributed by atoms with Crippen LogP contribution in [0.4, 0.5) is 4.39 Å². The Morgan fingerprint density at radius 1 is 1.48 bits per heavy atom. The van der Waals surface area contributed by atoms with Gasteiger partial charge in [0.1, 0.15) is 5.52 Å². The fourth-order valence-corrected chi connectivity index (χ4v) is 3.46. The molecular formula is C15H19FN2O2S. The fraction of sp³-hybridized carbons (Fsp3) is 0.467. The standard InChI is InChI=1S/C15H19FN2O2S/c1-4-8-15(2,3)18-11-7-5-6-10(16)13(11)17-14(18)21-9-12(19)20/h5-7H,4,8-9H2,1-3H3,(H,19,20). The highest BCUT2D eigenvalue weighted by Crippen LogP contribution is 2.34. The van der Waals surface area contributed by atoms with Gasteiger partial charge in [0.25, 0.3) is 0 Å². The summed E-state index contributed by atoms with van der Waals surface area (Å²) in [7, 11) is 0. The average molecular weight is 310 g/mol. The number of rotatable bonds is 6. The Hall–Kier alpha value is -1.56. The number of carboxylic acids is 1. The zero-order valence-electron chi connectivity index (χ0n) is 12.4. The zero-order valence-corrected chi connectivity index (χ0v) is 13.2. The van der Waals surface area contributed by atoms with E-state index in [9.17, 15) is 9.18 Å². The van der Waals surface area contributed by atoms with Crippen LogP contribution in [0.1, 0.15) is 33.6 Å². The first-order chi connectivity index (χ1) is 9.86. The van der Waals surface area contributed by atoms with Gasteiger partial charge in [-0.2, -0.15) is 0 Å². The minimum atomic E-state index is -0.910. The summed E-state index contributed by atoms with van der Waals surface area (Å²) in [4.78, 5) is 15.1. The number of halogens is 1. The molecule has 0 aliphatic heterocycles. The minimum Gasteiger partial charge on any atom is -0.481 e. The maximum Gasteiger partial charge on any atom is 0.313 e. The number of fused-ring (bicyclic) bond motifs is 1. The molecule has 1 N–H and O–H groups in total. The van der Waals surface area contributed by atoms with E-state index in [0.29, 0.717) is 16.2 Å². The molecule has 2 aromatic rings. The number of nitrogens with zero attached hydrogens (tertiary/aromatic N) is 2. The molecule has 0 radical (unpaired) electrons. The van der Waals surface area contributed by atoms with Crippen molar-refractivity contribution >= 4 is 28.8 Å². The van der Waals surface area contributed by atoms with E-state index in [1.165, 1.54) is 6.07 Å². The number of carboxylic acid groups (broad SMARTS) is 1. The van der Waals surface area contributed by atoms with Gasteiger partial charge >= 0.3 is 5.97 Å². The zero-order chi connectivity index (χ0) is 15.6. The van der Waals surface area contributed by atoms with Crippen LogP contribution in [0.3, 0.4) is 0 Å². The molecule has 0 unspecified atom stereocenters. The summed E-state index contributed by atoms with van der Waals surface area (Å²) in [6, 6.07) is 4.86. The molecule has 0 saturated heterocycles. The number of benzene rings is 1. The number of imidazole rings is 1. The molecule has 0 fully saturated rings. The molecular weight excluding hydrogens is 291 g/mol. The fourth-order valence-electron chi connectivity index (χ4n) is 2.58. The molecule has 6 heteroatoms. The van der Waals surface area contributed by atoms with Crippen molar-refractivity contribution in [1.29, 1.82) is 0 Å². The summed E-state index contributed by atoms with van der Waals surface area (Å²) in [5.41, 5.74) is 0.758. The molecule has 0 saturated carbocycles. The van der Waals surface area contributed by atoms with E-state index in [-0.39, 0.29) is 17.1 Å². The van der Waals surface area contributed by atoms with Crippen molar-refractivity contribution in [3.8, 4) is 0 Å². The highest BCUT2D eigenvalue weighted by Gasteiger charge is 2.26. The Morgan fingerprint density at radius 3 is 2.81 bits per heavy atom. The average Bonchev–Trinajstić information content (AvgIpc) is 2.77. The summed E-state index contributed by atoms with van der Waals surface area (Å²) < 4.78 is 15.9. The predicted molar refractivity (Wildman–Crippen MR) is 82.3 cm³/mol. The van der Waals surface area contributed by atoms with E-state index in [4.69, 9.17) is 5.11 Å². The van der Waals surface area contributed by atoms with Crippen molar-refractivity contribution in [2.24, 2.45) is 0 Å². The van der Waals surface area contributed by atoms with Crippen LogP contribution < -0.4 is 0 Å². The van der Waals surface area contributed by atoms with Gasteiger partial charge in [0, 0.05) is 5.54 Å². The third kappa shape index (κ3) is 3.20. The third-order valence-corrected chi connectivity index (χ3v) is 4.32. The van der Waals surface area contributed by atoms with Crippen molar-refractivity contribution in [1.82, 2.24) is 9.55 Å². The molecule has 0 aliphatic carbocycles. The Labute approximate surface area is 127 Å². The number of hydrogen-bond acceptors (Lipinski definition) is 3. The van der Waals surface area contributed by atoms with Gasteiger partial charge in [-0.15, -0.1) is 0 Å². The van der Waals surface area contributed by atoms with Crippen molar-refractivity contribution < 1.29 is 14.3 Å². The lowest BCUT2D eigenvalue weighted by Gasteiger charge is -2.28. The van der Waals surface area contributed by atoms with Gasteiger partial charge in [-0.05, 0) is 32.4 Å². The lowest BCUT2D eigenvalue weighted by molar-refractivity contribution is -0.133. The van der Waals surface area contributed by atoms with Gasteiger partial charge in [0.2, 0.25) is 0 Å². The van der Waals surface area contributed by atoms with Crippen molar-refractivity contribution in [3.05, 3.63) is 24.0 Å².